The lowest BCUT2D eigenvalue weighted by Crippen LogP contribution is -2.13. The monoisotopic (exact) mass is 278 g/mol. The molecule has 2 aromatic heterocycles. The molecule has 0 aliphatic rings. The minimum atomic E-state index is 0.769. The van der Waals surface area contributed by atoms with Crippen molar-refractivity contribution < 1.29 is 4.74 Å². The number of nitrogens with one attached hydrogen (secondary N) is 1. The van der Waals surface area contributed by atoms with E-state index >= 15 is 0 Å². The minimum absolute atomic E-state index is 0.769. The summed E-state index contributed by atoms with van der Waals surface area (Å²) < 4.78 is 9.24. The summed E-state index contributed by atoms with van der Waals surface area (Å²) in [5.41, 5.74) is 1.01. The Kier molecular flexibility index (Phi) is 5.55. The van der Waals surface area contributed by atoms with Gasteiger partial charge in [0.05, 0.1) is 18.4 Å². The fourth-order valence-electron chi connectivity index (χ4n) is 1.94. The zero-order valence-corrected chi connectivity index (χ0v) is 12.1. The molecule has 2 aromatic rings. The van der Waals surface area contributed by atoms with Crippen molar-refractivity contribution in [2.24, 2.45) is 0 Å². The third-order valence-corrected chi connectivity index (χ3v) is 2.89. The van der Waals surface area contributed by atoms with E-state index < -0.39 is 0 Å². The Balaban J connectivity index is 1.82. The highest BCUT2D eigenvalue weighted by atomic mass is 16.5. The van der Waals surface area contributed by atoms with Crippen molar-refractivity contribution in [3.8, 4) is 0 Å². The molecule has 0 fully saturated rings. The normalized spacial score (nSPS) is 10.9. The molecular weight excluding hydrogens is 256 g/mol. The Morgan fingerprint density at radius 1 is 1.35 bits per heavy atom. The van der Waals surface area contributed by atoms with Crippen LogP contribution in [0, 0.1) is 6.92 Å². The van der Waals surface area contributed by atoms with Gasteiger partial charge in [-0.1, -0.05) is 5.21 Å². The van der Waals surface area contributed by atoms with Crippen LogP contribution >= 0.6 is 0 Å². The van der Waals surface area contributed by atoms with Crippen molar-refractivity contribution in [1.29, 1.82) is 0 Å². The number of aromatic nitrogens is 5. The number of hydrogen-bond acceptors (Lipinski definition) is 5. The van der Waals surface area contributed by atoms with Crippen molar-refractivity contribution in [2.45, 2.75) is 33.4 Å². The van der Waals surface area contributed by atoms with Crippen LogP contribution in [-0.2, 0) is 17.8 Å². The molecule has 0 atom stereocenters. The quantitative estimate of drug-likeness (QED) is 0.701. The lowest BCUT2D eigenvalue weighted by Gasteiger charge is -2.09. The highest BCUT2D eigenvalue weighted by Gasteiger charge is 2.05. The predicted molar refractivity (Wildman–Crippen MR) is 76.6 cm³/mol. The van der Waals surface area contributed by atoms with Gasteiger partial charge in [0, 0.05) is 38.7 Å². The maximum atomic E-state index is 5.32. The van der Waals surface area contributed by atoms with Gasteiger partial charge in [0.1, 0.15) is 0 Å². The largest absolute Gasteiger partial charge is 0.382 e. The maximum absolute atomic E-state index is 5.32. The Bertz CT molecular complexity index is 493. The van der Waals surface area contributed by atoms with Gasteiger partial charge in [-0.15, -0.1) is 5.10 Å². The molecule has 2 rings (SSSR count). The molecule has 7 nitrogen and oxygen atoms in total. The van der Waals surface area contributed by atoms with E-state index in [1.165, 1.54) is 0 Å². The molecular formula is C13H22N6O. The molecule has 0 bridgehead atoms. The summed E-state index contributed by atoms with van der Waals surface area (Å²) >= 11 is 0. The van der Waals surface area contributed by atoms with Gasteiger partial charge in [-0.3, -0.25) is 4.68 Å². The van der Waals surface area contributed by atoms with E-state index in [9.17, 15) is 0 Å². The molecule has 0 saturated carbocycles. The molecule has 0 spiro atoms. The minimum Gasteiger partial charge on any atom is -0.382 e. The number of anilines is 1. The van der Waals surface area contributed by atoms with Crippen LogP contribution in [0.4, 0.5) is 5.95 Å². The molecule has 0 unspecified atom stereocenters. The molecule has 0 amide bonds. The number of aryl methyl sites for hydroxylation is 3. The standard InChI is InChI=1S/C13H22N6O/c1-3-20-10-4-5-14-13-16-12(2)11-18(13)8-9-19-7-6-15-17-19/h6-7,11H,3-5,8-10H2,1-2H3,(H,14,16). The van der Waals surface area contributed by atoms with E-state index in [0.717, 1.165) is 50.9 Å². The molecule has 110 valence electrons. The van der Waals surface area contributed by atoms with Gasteiger partial charge in [-0.25, -0.2) is 4.98 Å². The Morgan fingerprint density at radius 3 is 3.00 bits per heavy atom. The molecule has 0 aromatic carbocycles. The van der Waals surface area contributed by atoms with Crippen LogP contribution in [0.25, 0.3) is 0 Å². The van der Waals surface area contributed by atoms with Gasteiger partial charge in [0.25, 0.3) is 0 Å². The summed E-state index contributed by atoms with van der Waals surface area (Å²) in [5, 5.41) is 11.1. The molecule has 1 N–H and O–H groups in total. The first kappa shape index (κ1) is 14.5. The Labute approximate surface area is 119 Å². The van der Waals surface area contributed by atoms with E-state index in [4.69, 9.17) is 4.74 Å². The highest BCUT2D eigenvalue weighted by Crippen LogP contribution is 2.08. The topological polar surface area (TPSA) is 69.8 Å². The average Bonchev–Trinajstić information content (AvgIpc) is 3.06. The number of ether oxygens (including phenoxy) is 1. The van der Waals surface area contributed by atoms with E-state index in [-0.39, 0.29) is 0 Å². The van der Waals surface area contributed by atoms with Crippen molar-refractivity contribution in [3.63, 3.8) is 0 Å². The van der Waals surface area contributed by atoms with Crippen LogP contribution < -0.4 is 5.32 Å². The van der Waals surface area contributed by atoms with Crippen LogP contribution in [-0.4, -0.2) is 44.3 Å². The van der Waals surface area contributed by atoms with Crippen LogP contribution in [0.1, 0.15) is 19.0 Å². The summed E-state index contributed by atoms with van der Waals surface area (Å²) in [6, 6.07) is 0. The highest BCUT2D eigenvalue weighted by molar-refractivity contribution is 5.28. The van der Waals surface area contributed by atoms with Crippen molar-refractivity contribution in [3.05, 3.63) is 24.3 Å². The lowest BCUT2D eigenvalue weighted by atomic mass is 10.4. The molecule has 0 aliphatic carbocycles. The zero-order valence-electron chi connectivity index (χ0n) is 12.1. The van der Waals surface area contributed by atoms with E-state index in [0.29, 0.717) is 0 Å². The molecule has 7 heteroatoms. The molecule has 2 heterocycles. The zero-order chi connectivity index (χ0) is 14.2. The fourth-order valence-corrected chi connectivity index (χ4v) is 1.94. The fraction of sp³-hybridized carbons (Fsp3) is 0.615. The number of imidazole rings is 1. The predicted octanol–water partition coefficient (Wildman–Crippen LogP) is 1.32. The first-order valence-corrected chi connectivity index (χ1v) is 6.99. The van der Waals surface area contributed by atoms with Gasteiger partial charge in [0.2, 0.25) is 5.95 Å². The second-order valence-corrected chi connectivity index (χ2v) is 4.54. The van der Waals surface area contributed by atoms with Crippen LogP contribution in [0.5, 0.6) is 0 Å². The second kappa shape index (κ2) is 7.64. The SMILES string of the molecule is CCOCCCNc1nc(C)cn1CCn1ccnn1. The number of rotatable bonds is 9. The van der Waals surface area contributed by atoms with Gasteiger partial charge in [-0.05, 0) is 20.3 Å². The molecule has 0 radical (unpaired) electrons. The van der Waals surface area contributed by atoms with Gasteiger partial charge in [-0.2, -0.15) is 0 Å². The Hall–Kier alpha value is -1.89. The first-order chi connectivity index (χ1) is 9.79. The smallest absolute Gasteiger partial charge is 0.203 e. The van der Waals surface area contributed by atoms with Crippen LogP contribution in [0.3, 0.4) is 0 Å². The molecule has 0 saturated heterocycles. The lowest BCUT2D eigenvalue weighted by molar-refractivity contribution is 0.147. The van der Waals surface area contributed by atoms with Crippen LogP contribution in [0.15, 0.2) is 18.6 Å². The summed E-state index contributed by atoms with van der Waals surface area (Å²) in [6.07, 6.45) is 6.57. The summed E-state index contributed by atoms with van der Waals surface area (Å²) in [4.78, 5) is 4.49. The van der Waals surface area contributed by atoms with Crippen molar-refractivity contribution in [1.82, 2.24) is 24.5 Å². The third-order valence-electron chi connectivity index (χ3n) is 2.89. The van der Waals surface area contributed by atoms with Crippen LogP contribution in [0.2, 0.25) is 0 Å². The van der Waals surface area contributed by atoms with Crippen molar-refractivity contribution >= 4 is 5.95 Å². The van der Waals surface area contributed by atoms with E-state index in [2.05, 4.69) is 25.2 Å². The number of nitrogens with zero attached hydrogens (tertiary/aromatic N) is 5. The maximum Gasteiger partial charge on any atom is 0.203 e. The summed E-state index contributed by atoms with van der Waals surface area (Å²) in [5.74, 6) is 0.902. The Morgan fingerprint density at radius 2 is 2.25 bits per heavy atom. The average molecular weight is 278 g/mol. The summed E-state index contributed by atoms with van der Waals surface area (Å²) in [7, 11) is 0. The second-order valence-electron chi connectivity index (χ2n) is 4.54. The van der Waals surface area contributed by atoms with E-state index in [1.807, 2.05) is 30.9 Å². The first-order valence-electron chi connectivity index (χ1n) is 6.99. The van der Waals surface area contributed by atoms with Gasteiger partial charge in [0.15, 0.2) is 0 Å². The summed E-state index contributed by atoms with van der Waals surface area (Å²) in [6.45, 7) is 8.01. The van der Waals surface area contributed by atoms with Gasteiger partial charge < -0.3 is 14.6 Å². The molecule has 20 heavy (non-hydrogen) atoms. The van der Waals surface area contributed by atoms with E-state index in [1.54, 1.807) is 6.20 Å². The third kappa shape index (κ3) is 4.34. The van der Waals surface area contributed by atoms with Crippen molar-refractivity contribution in [2.75, 3.05) is 25.1 Å². The number of hydrogen-bond donors (Lipinski definition) is 1. The van der Waals surface area contributed by atoms with Gasteiger partial charge >= 0.3 is 0 Å². The molecule has 0 aliphatic heterocycles.